The molecule has 0 saturated carbocycles. The number of carbonyl (C=O) groups excluding carboxylic acids is 2. The SMILES string of the molecule is CCCCCCCn1cc(C2=C(c3cn(CCCCCCC)c4ccccc34)C(=O)N(C)C2=O)c2ccccc21. The van der Waals surface area contributed by atoms with Crippen molar-refractivity contribution in [1.82, 2.24) is 14.0 Å². The van der Waals surface area contributed by atoms with Crippen LogP contribution in [0.2, 0.25) is 0 Å². The lowest BCUT2D eigenvalue weighted by Crippen LogP contribution is -2.26. The van der Waals surface area contributed by atoms with Crippen molar-refractivity contribution in [3.63, 3.8) is 0 Å². The Kier molecular flexibility index (Phi) is 8.88. The van der Waals surface area contributed by atoms with Gasteiger partial charge in [-0.3, -0.25) is 14.5 Å². The molecule has 40 heavy (non-hydrogen) atoms. The number of carbonyl (C=O) groups is 2. The molecule has 1 aliphatic rings. The molecule has 0 radical (unpaired) electrons. The molecule has 0 atom stereocenters. The van der Waals surface area contributed by atoms with E-state index in [9.17, 15) is 9.59 Å². The van der Waals surface area contributed by atoms with Gasteiger partial charge in [0.05, 0.1) is 11.1 Å². The minimum absolute atomic E-state index is 0.220. The molecule has 2 amide bonds. The summed E-state index contributed by atoms with van der Waals surface area (Å²) in [6.07, 6.45) is 16.3. The topological polar surface area (TPSA) is 47.2 Å². The van der Waals surface area contributed by atoms with E-state index in [1.807, 2.05) is 12.1 Å². The normalized spacial score (nSPS) is 14.0. The third-order valence-corrected chi connectivity index (χ3v) is 8.41. The van der Waals surface area contributed by atoms with E-state index in [1.54, 1.807) is 7.05 Å². The standard InChI is InChI=1S/C35H43N3O2/c1-4-6-8-10-16-22-37-24-28(26-18-12-14-20-30(26)37)32-33(35(40)36(3)34(32)39)29-25-38(23-17-11-9-7-5-2)31-21-15-13-19-27(29)31/h12-15,18-21,24-25H,4-11,16-17,22-23H2,1-3H3. The number of unbranched alkanes of at least 4 members (excludes halogenated alkanes) is 8. The molecule has 0 saturated heterocycles. The molecule has 3 heterocycles. The minimum atomic E-state index is -0.220. The van der Waals surface area contributed by atoms with Gasteiger partial charge in [0.2, 0.25) is 0 Å². The lowest BCUT2D eigenvalue weighted by Gasteiger charge is -2.06. The van der Waals surface area contributed by atoms with Crippen molar-refractivity contribution in [2.75, 3.05) is 7.05 Å². The number of likely N-dealkylation sites (N-methyl/N-ethyl adjacent to an activating group) is 1. The Hall–Kier alpha value is -3.60. The Morgan fingerprint density at radius 1 is 0.550 bits per heavy atom. The number of hydrogen-bond donors (Lipinski definition) is 0. The molecule has 0 unspecified atom stereocenters. The fourth-order valence-electron chi connectivity index (χ4n) is 6.17. The molecule has 4 aromatic rings. The van der Waals surface area contributed by atoms with Crippen LogP contribution < -0.4 is 0 Å². The Morgan fingerprint density at radius 2 is 0.950 bits per heavy atom. The van der Waals surface area contributed by atoms with Crippen LogP contribution in [0.15, 0.2) is 60.9 Å². The number of imide groups is 1. The summed E-state index contributed by atoms with van der Waals surface area (Å²) in [6, 6.07) is 16.6. The Bertz CT molecular complexity index is 1420. The quantitative estimate of drug-likeness (QED) is 0.120. The molecule has 0 N–H and O–H groups in total. The van der Waals surface area contributed by atoms with E-state index in [4.69, 9.17) is 0 Å². The van der Waals surface area contributed by atoms with Crippen LogP contribution in [0.3, 0.4) is 0 Å². The van der Waals surface area contributed by atoms with Crippen LogP contribution in [0.5, 0.6) is 0 Å². The zero-order valence-corrected chi connectivity index (χ0v) is 24.4. The predicted molar refractivity (Wildman–Crippen MR) is 166 cm³/mol. The van der Waals surface area contributed by atoms with Crippen molar-refractivity contribution in [1.29, 1.82) is 0 Å². The molecule has 1 aliphatic heterocycles. The van der Waals surface area contributed by atoms with E-state index in [0.29, 0.717) is 11.1 Å². The lowest BCUT2D eigenvalue weighted by molar-refractivity contribution is -0.134. The Labute approximate surface area is 238 Å². The zero-order chi connectivity index (χ0) is 28.1. The minimum Gasteiger partial charge on any atom is -0.347 e. The number of benzene rings is 2. The maximum Gasteiger partial charge on any atom is 0.261 e. The highest BCUT2D eigenvalue weighted by molar-refractivity contribution is 6.50. The molecule has 5 rings (SSSR count). The van der Waals surface area contributed by atoms with Gasteiger partial charge >= 0.3 is 0 Å². The third-order valence-electron chi connectivity index (χ3n) is 8.41. The van der Waals surface area contributed by atoms with E-state index in [1.165, 1.54) is 56.3 Å². The first-order valence-corrected chi connectivity index (χ1v) is 15.3. The third kappa shape index (κ3) is 5.39. The van der Waals surface area contributed by atoms with E-state index in [2.05, 4.69) is 71.8 Å². The molecule has 5 heteroatoms. The van der Waals surface area contributed by atoms with Crippen molar-refractivity contribution in [3.8, 4) is 0 Å². The summed E-state index contributed by atoms with van der Waals surface area (Å²) < 4.78 is 4.55. The summed E-state index contributed by atoms with van der Waals surface area (Å²) >= 11 is 0. The maximum atomic E-state index is 13.7. The van der Waals surface area contributed by atoms with Crippen LogP contribution in [0.25, 0.3) is 33.0 Å². The number of aryl methyl sites for hydroxylation is 2. The van der Waals surface area contributed by atoms with Crippen molar-refractivity contribution in [2.45, 2.75) is 91.1 Å². The van der Waals surface area contributed by atoms with Crippen molar-refractivity contribution >= 4 is 44.8 Å². The number of amides is 2. The average Bonchev–Trinajstić information content (AvgIpc) is 3.59. The summed E-state index contributed by atoms with van der Waals surface area (Å²) in [5.41, 5.74) is 5.00. The van der Waals surface area contributed by atoms with Gasteiger partial charge in [0, 0.05) is 65.5 Å². The van der Waals surface area contributed by atoms with E-state index in [-0.39, 0.29) is 11.8 Å². The van der Waals surface area contributed by atoms with Crippen molar-refractivity contribution in [3.05, 3.63) is 72.1 Å². The zero-order valence-electron chi connectivity index (χ0n) is 24.4. The van der Waals surface area contributed by atoms with Crippen molar-refractivity contribution < 1.29 is 9.59 Å². The highest BCUT2D eigenvalue weighted by Gasteiger charge is 2.39. The number of fused-ring (bicyclic) bond motifs is 2. The van der Waals surface area contributed by atoms with Crippen LogP contribution in [0.4, 0.5) is 0 Å². The summed E-state index contributed by atoms with van der Waals surface area (Å²) in [5, 5.41) is 2.05. The first-order valence-electron chi connectivity index (χ1n) is 15.3. The van der Waals surface area contributed by atoms with Gasteiger partial charge in [0.15, 0.2) is 0 Å². The van der Waals surface area contributed by atoms with Gasteiger partial charge < -0.3 is 9.13 Å². The van der Waals surface area contributed by atoms with Gasteiger partial charge in [-0.05, 0) is 25.0 Å². The Morgan fingerprint density at radius 3 is 1.38 bits per heavy atom. The van der Waals surface area contributed by atoms with E-state index < -0.39 is 0 Å². The Balaban J connectivity index is 1.59. The molecule has 0 spiro atoms. The molecule has 2 aromatic heterocycles. The second kappa shape index (κ2) is 12.7. The van der Waals surface area contributed by atoms with E-state index >= 15 is 0 Å². The van der Waals surface area contributed by atoms with Crippen LogP contribution >= 0.6 is 0 Å². The van der Waals surface area contributed by atoms with Gasteiger partial charge in [0.1, 0.15) is 0 Å². The number of aromatic nitrogens is 2. The summed E-state index contributed by atoms with van der Waals surface area (Å²) in [5.74, 6) is -0.440. The second-order valence-corrected chi connectivity index (χ2v) is 11.3. The summed E-state index contributed by atoms with van der Waals surface area (Å²) in [7, 11) is 1.61. The van der Waals surface area contributed by atoms with Crippen LogP contribution in [-0.2, 0) is 22.7 Å². The number of para-hydroxylation sites is 2. The van der Waals surface area contributed by atoms with Gasteiger partial charge in [-0.2, -0.15) is 0 Å². The van der Waals surface area contributed by atoms with Crippen molar-refractivity contribution in [2.24, 2.45) is 0 Å². The highest BCUT2D eigenvalue weighted by atomic mass is 16.2. The fraction of sp³-hybridized carbons (Fsp3) is 0.429. The van der Waals surface area contributed by atoms with E-state index in [0.717, 1.165) is 58.9 Å². The first kappa shape index (κ1) is 27.9. The van der Waals surface area contributed by atoms with Crippen LogP contribution in [-0.4, -0.2) is 32.9 Å². The molecule has 2 aromatic carbocycles. The molecular formula is C35H43N3O2. The number of hydrogen-bond acceptors (Lipinski definition) is 2. The largest absolute Gasteiger partial charge is 0.347 e. The second-order valence-electron chi connectivity index (χ2n) is 11.3. The molecular weight excluding hydrogens is 494 g/mol. The molecule has 5 nitrogen and oxygen atoms in total. The molecule has 0 fully saturated rings. The molecule has 0 bridgehead atoms. The van der Waals surface area contributed by atoms with Crippen LogP contribution in [0, 0.1) is 0 Å². The van der Waals surface area contributed by atoms with Gasteiger partial charge in [0.25, 0.3) is 11.8 Å². The molecule has 0 aliphatic carbocycles. The average molecular weight is 538 g/mol. The van der Waals surface area contributed by atoms with Gasteiger partial charge in [-0.1, -0.05) is 102 Å². The monoisotopic (exact) mass is 537 g/mol. The fourth-order valence-corrected chi connectivity index (χ4v) is 6.17. The highest BCUT2D eigenvalue weighted by Crippen LogP contribution is 2.41. The first-order chi connectivity index (χ1) is 19.6. The summed E-state index contributed by atoms with van der Waals surface area (Å²) in [6.45, 7) is 6.28. The predicted octanol–water partition coefficient (Wildman–Crippen LogP) is 8.45. The smallest absolute Gasteiger partial charge is 0.261 e. The maximum absolute atomic E-state index is 13.7. The number of nitrogens with zero attached hydrogens (tertiary/aromatic N) is 3. The number of rotatable bonds is 14. The lowest BCUT2D eigenvalue weighted by atomic mass is 9.95. The van der Waals surface area contributed by atoms with Crippen LogP contribution in [0.1, 0.15) is 89.2 Å². The van der Waals surface area contributed by atoms with Gasteiger partial charge in [-0.15, -0.1) is 0 Å². The molecule has 210 valence electrons. The van der Waals surface area contributed by atoms with Gasteiger partial charge in [-0.25, -0.2) is 0 Å². The summed E-state index contributed by atoms with van der Waals surface area (Å²) in [4.78, 5) is 28.8.